The smallest absolute Gasteiger partial charge is 0.0670 e. The van der Waals surface area contributed by atoms with Gasteiger partial charge >= 0.3 is 0 Å². The van der Waals surface area contributed by atoms with Gasteiger partial charge in [0.15, 0.2) is 0 Å². The SMILES string of the molecule is OC[C@@H](c1ccccc1)N1CCN(c2ccc(Cl)cc2Cl)[C@H](c2ccc(Cl)cc2)C1. The average molecular weight is 462 g/mol. The van der Waals surface area contributed by atoms with Crippen LogP contribution in [0.5, 0.6) is 0 Å². The normalized spacial score (nSPS) is 18.4. The van der Waals surface area contributed by atoms with Crippen LogP contribution < -0.4 is 4.90 Å². The van der Waals surface area contributed by atoms with Crippen molar-refractivity contribution in [3.8, 4) is 0 Å². The molecule has 0 spiro atoms. The van der Waals surface area contributed by atoms with E-state index < -0.39 is 0 Å². The first-order chi connectivity index (χ1) is 14.6. The van der Waals surface area contributed by atoms with E-state index in [2.05, 4.69) is 34.1 Å². The summed E-state index contributed by atoms with van der Waals surface area (Å²) >= 11 is 18.8. The lowest BCUT2D eigenvalue weighted by atomic mass is 9.98. The fourth-order valence-corrected chi connectivity index (χ4v) is 4.81. The number of halogens is 3. The molecule has 3 aromatic carbocycles. The van der Waals surface area contributed by atoms with Gasteiger partial charge in [0.05, 0.1) is 29.4 Å². The van der Waals surface area contributed by atoms with E-state index in [1.807, 2.05) is 42.5 Å². The molecule has 1 aliphatic rings. The molecule has 0 saturated carbocycles. The quantitative estimate of drug-likeness (QED) is 0.487. The zero-order chi connectivity index (χ0) is 21.1. The van der Waals surface area contributed by atoms with Crippen LogP contribution in [-0.2, 0) is 0 Å². The highest BCUT2D eigenvalue weighted by atomic mass is 35.5. The highest BCUT2D eigenvalue weighted by molar-refractivity contribution is 6.36. The zero-order valence-electron chi connectivity index (χ0n) is 16.4. The maximum absolute atomic E-state index is 10.2. The third kappa shape index (κ3) is 4.61. The van der Waals surface area contributed by atoms with E-state index in [1.54, 1.807) is 6.07 Å². The van der Waals surface area contributed by atoms with Crippen molar-refractivity contribution < 1.29 is 5.11 Å². The van der Waals surface area contributed by atoms with Crippen molar-refractivity contribution in [1.29, 1.82) is 0 Å². The highest BCUT2D eigenvalue weighted by Gasteiger charge is 2.33. The Morgan fingerprint density at radius 3 is 2.23 bits per heavy atom. The van der Waals surface area contributed by atoms with Crippen LogP contribution in [0.3, 0.4) is 0 Å². The van der Waals surface area contributed by atoms with E-state index in [1.165, 1.54) is 0 Å². The van der Waals surface area contributed by atoms with Gasteiger partial charge in [-0.2, -0.15) is 0 Å². The standard InChI is InChI=1S/C24H23Cl3N2O/c25-19-8-6-18(7-9-19)23-15-28(24(16-30)17-4-2-1-3-5-17)12-13-29(23)22-11-10-20(26)14-21(22)27/h1-11,14,23-24,30H,12-13,15-16H2/t23-,24-/m0/s1. The van der Waals surface area contributed by atoms with Crippen molar-refractivity contribution in [3.05, 3.63) is 99.0 Å². The summed E-state index contributed by atoms with van der Waals surface area (Å²) < 4.78 is 0. The molecule has 0 radical (unpaired) electrons. The Bertz CT molecular complexity index is 982. The van der Waals surface area contributed by atoms with E-state index in [9.17, 15) is 5.11 Å². The number of hydrogen-bond donors (Lipinski definition) is 1. The van der Waals surface area contributed by atoms with E-state index in [-0.39, 0.29) is 18.7 Å². The predicted octanol–water partition coefficient (Wildman–Crippen LogP) is 6.24. The summed E-state index contributed by atoms with van der Waals surface area (Å²) in [5, 5.41) is 12.1. The second-order valence-corrected chi connectivity index (χ2v) is 8.74. The summed E-state index contributed by atoms with van der Waals surface area (Å²) in [4.78, 5) is 4.66. The third-order valence-corrected chi connectivity index (χ3v) is 6.47. The maximum Gasteiger partial charge on any atom is 0.0670 e. The Balaban J connectivity index is 1.68. The van der Waals surface area contributed by atoms with Crippen LogP contribution in [0.2, 0.25) is 15.1 Å². The van der Waals surface area contributed by atoms with Gasteiger partial charge in [-0.3, -0.25) is 4.90 Å². The molecule has 0 aromatic heterocycles. The zero-order valence-corrected chi connectivity index (χ0v) is 18.7. The van der Waals surface area contributed by atoms with E-state index in [0.717, 1.165) is 36.4 Å². The molecule has 1 N–H and O–H groups in total. The molecule has 1 saturated heterocycles. The molecule has 30 heavy (non-hydrogen) atoms. The molecule has 6 heteroatoms. The lowest BCUT2D eigenvalue weighted by molar-refractivity contribution is 0.103. The number of rotatable bonds is 5. The molecule has 3 nitrogen and oxygen atoms in total. The van der Waals surface area contributed by atoms with Crippen LogP contribution in [0.4, 0.5) is 5.69 Å². The van der Waals surface area contributed by atoms with Crippen LogP contribution in [0.15, 0.2) is 72.8 Å². The number of piperazine rings is 1. The summed E-state index contributed by atoms with van der Waals surface area (Å²) in [6.07, 6.45) is 0. The van der Waals surface area contributed by atoms with Crippen molar-refractivity contribution in [2.24, 2.45) is 0 Å². The average Bonchev–Trinajstić information content (AvgIpc) is 2.76. The van der Waals surface area contributed by atoms with Crippen molar-refractivity contribution in [3.63, 3.8) is 0 Å². The Kier molecular flexibility index (Phi) is 6.87. The predicted molar refractivity (Wildman–Crippen MR) is 126 cm³/mol. The Labute approximate surface area is 192 Å². The van der Waals surface area contributed by atoms with Crippen LogP contribution in [-0.4, -0.2) is 36.2 Å². The first-order valence-electron chi connectivity index (χ1n) is 9.94. The van der Waals surface area contributed by atoms with Crippen molar-refractivity contribution in [1.82, 2.24) is 4.90 Å². The topological polar surface area (TPSA) is 26.7 Å². The van der Waals surface area contributed by atoms with Gasteiger partial charge in [0.25, 0.3) is 0 Å². The number of hydrogen-bond acceptors (Lipinski definition) is 3. The lowest BCUT2D eigenvalue weighted by Gasteiger charge is -2.46. The molecular weight excluding hydrogens is 439 g/mol. The lowest BCUT2D eigenvalue weighted by Crippen LogP contribution is -2.50. The number of anilines is 1. The molecule has 4 rings (SSSR count). The first-order valence-corrected chi connectivity index (χ1v) is 11.1. The van der Waals surface area contributed by atoms with Gasteiger partial charge in [-0.1, -0.05) is 77.3 Å². The largest absolute Gasteiger partial charge is 0.394 e. The Hall–Kier alpha value is -1.75. The molecule has 156 valence electrons. The van der Waals surface area contributed by atoms with E-state index >= 15 is 0 Å². The molecule has 1 aliphatic heterocycles. The monoisotopic (exact) mass is 460 g/mol. The van der Waals surface area contributed by atoms with Crippen LogP contribution >= 0.6 is 34.8 Å². The molecule has 0 unspecified atom stereocenters. The number of aliphatic hydroxyl groups is 1. The molecule has 0 bridgehead atoms. The Morgan fingerprint density at radius 1 is 0.867 bits per heavy atom. The number of nitrogens with zero attached hydrogens (tertiary/aromatic N) is 2. The fourth-order valence-electron chi connectivity index (χ4n) is 4.17. The minimum absolute atomic E-state index is 0.0520. The number of benzene rings is 3. The van der Waals surface area contributed by atoms with Crippen LogP contribution in [0.25, 0.3) is 0 Å². The second kappa shape index (κ2) is 9.59. The summed E-state index contributed by atoms with van der Waals surface area (Å²) in [5.74, 6) is 0. The second-order valence-electron chi connectivity index (χ2n) is 7.46. The van der Waals surface area contributed by atoms with Crippen LogP contribution in [0, 0.1) is 0 Å². The van der Waals surface area contributed by atoms with Gasteiger partial charge in [-0.05, 0) is 41.5 Å². The molecule has 1 fully saturated rings. The summed E-state index contributed by atoms with van der Waals surface area (Å²) in [6, 6.07) is 23.7. The molecule has 1 heterocycles. The third-order valence-electron chi connectivity index (χ3n) is 5.68. The van der Waals surface area contributed by atoms with Gasteiger partial charge in [-0.25, -0.2) is 0 Å². The highest BCUT2D eigenvalue weighted by Crippen LogP contribution is 2.38. The minimum Gasteiger partial charge on any atom is -0.394 e. The summed E-state index contributed by atoms with van der Waals surface area (Å²) in [6.45, 7) is 2.40. The first kappa shape index (κ1) is 21.5. The van der Waals surface area contributed by atoms with Crippen molar-refractivity contribution in [2.45, 2.75) is 12.1 Å². The molecular formula is C24H23Cl3N2O. The van der Waals surface area contributed by atoms with E-state index in [0.29, 0.717) is 15.1 Å². The minimum atomic E-state index is -0.0520. The van der Waals surface area contributed by atoms with Crippen LogP contribution in [0.1, 0.15) is 23.2 Å². The summed E-state index contributed by atoms with van der Waals surface area (Å²) in [7, 11) is 0. The van der Waals surface area contributed by atoms with Gasteiger partial charge in [0.1, 0.15) is 0 Å². The molecule has 3 aromatic rings. The van der Waals surface area contributed by atoms with Gasteiger partial charge in [0, 0.05) is 29.7 Å². The van der Waals surface area contributed by atoms with Crippen molar-refractivity contribution in [2.75, 3.05) is 31.1 Å². The number of aliphatic hydroxyl groups excluding tert-OH is 1. The van der Waals surface area contributed by atoms with E-state index in [4.69, 9.17) is 34.8 Å². The summed E-state index contributed by atoms with van der Waals surface area (Å²) in [5.41, 5.74) is 3.23. The fraction of sp³-hybridized carbons (Fsp3) is 0.250. The van der Waals surface area contributed by atoms with Gasteiger partial charge < -0.3 is 10.0 Å². The molecule has 0 amide bonds. The van der Waals surface area contributed by atoms with Crippen molar-refractivity contribution >= 4 is 40.5 Å². The molecule has 0 aliphatic carbocycles. The maximum atomic E-state index is 10.2. The molecule has 2 atom stereocenters. The van der Waals surface area contributed by atoms with Gasteiger partial charge in [0.2, 0.25) is 0 Å². The Morgan fingerprint density at radius 2 is 1.57 bits per heavy atom. The van der Waals surface area contributed by atoms with Gasteiger partial charge in [-0.15, -0.1) is 0 Å².